The van der Waals surface area contributed by atoms with Crippen LogP contribution >= 0.6 is 0 Å². The smallest absolute Gasteiger partial charge is 0.335 e. The molecular weight excluding hydrogens is 759 g/mol. The van der Waals surface area contributed by atoms with E-state index < -0.39 is 64.8 Å². The molecule has 17 nitrogen and oxygen atoms in total. The lowest BCUT2D eigenvalue weighted by atomic mass is 10.1. The van der Waals surface area contributed by atoms with Crippen molar-refractivity contribution in [3.63, 3.8) is 0 Å². The molecule has 7 N–H and O–H groups in total. The first-order valence-electron chi connectivity index (χ1n) is 15.6. The van der Waals surface area contributed by atoms with E-state index in [0.717, 1.165) is 12.1 Å². The summed E-state index contributed by atoms with van der Waals surface area (Å²) in [6, 6.07) is 18.8. The number of aromatic hydroxyl groups is 2. The van der Waals surface area contributed by atoms with Crippen molar-refractivity contribution in [1.82, 2.24) is 0 Å². The third kappa shape index (κ3) is 7.80. The summed E-state index contributed by atoms with van der Waals surface area (Å²) in [5, 5.41) is 59.9. The van der Waals surface area contributed by atoms with Crippen molar-refractivity contribution in [3.05, 3.63) is 107 Å². The number of phenolic OH excluding ortho intramolecular Hbond substituents is 2. The first-order valence-corrected chi connectivity index (χ1v) is 18.5. The van der Waals surface area contributed by atoms with E-state index in [9.17, 15) is 56.0 Å². The molecule has 0 aliphatic carbocycles. The summed E-state index contributed by atoms with van der Waals surface area (Å²) in [7, 11) is -9.94. The van der Waals surface area contributed by atoms with Crippen molar-refractivity contribution < 1.29 is 56.0 Å². The molecule has 0 aliphatic rings. The Hall–Kier alpha value is -6.80. The lowest BCUT2D eigenvalue weighted by Gasteiger charge is -2.13. The summed E-state index contributed by atoms with van der Waals surface area (Å²) < 4.78 is 69.7. The van der Waals surface area contributed by atoms with E-state index in [1.54, 1.807) is 13.8 Å². The van der Waals surface area contributed by atoms with Crippen LogP contribution in [0.1, 0.15) is 31.8 Å². The maximum Gasteiger partial charge on any atom is 0.335 e. The van der Waals surface area contributed by atoms with Crippen LogP contribution in [0.25, 0.3) is 21.5 Å². The molecule has 6 aromatic rings. The van der Waals surface area contributed by atoms with Crippen molar-refractivity contribution in [2.75, 3.05) is 5.32 Å². The molecule has 0 saturated carbocycles. The molecule has 0 aromatic heterocycles. The molecule has 0 aliphatic heterocycles. The number of carboxylic acids is 2. The van der Waals surface area contributed by atoms with E-state index in [4.69, 9.17) is 0 Å². The topological polar surface area (TPSA) is 285 Å². The number of nitrogens with zero attached hydrogens (tertiary/aromatic N) is 4. The van der Waals surface area contributed by atoms with Crippen molar-refractivity contribution in [3.8, 4) is 11.5 Å². The number of phenols is 2. The number of hydrogen-bond donors (Lipinski definition) is 7. The van der Waals surface area contributed by atoms with Crippen molar-refractivity contribution in [2.24, 2.45) is 20.5 Å². The fourth-order valence-corrected chi connectivity index (χ4v) is 6.94. The molecule has 6 rings (SSSR count). The molecule has 280 valence electrons. The van der Waals surface area contributed by atoms with Gasteiger partial charge < -0.3 is 25.7 Å². The van der Waals surface area contributed by atoms with Gasteiger partial charge in [0.15, 0.2) is 11.5 Å². The van der Waals surface area contributed by atoms with Crippen LogP contribution in [0.4, 0.5) is 34.1 Å². The average molecular weight is 786 g/mol. The van der Waals surface area contributed by atoms with Gasteiger partial charge in [0.25, 0.3) is 20.2 Å². The van der Waals surface area contributed by atoms with E-state index in [2.05, 4.69) is 25.8 Å². The van der Waals surface area contributed by atoms with Gasteiger partial charge in [-0.3, -0.25) is 9.11 Å². The molecule has 0 bridgehead atoms. The largest absolute Gasteiger partial charge is 0.505 e. The van der Waals surface area contributed by atoms with Crippen LogP contribution in [-0.4, -0.2) is 58.3 Å². The monoisotopic (exact) mass is 785 g/mol. The third-order valence-electron chi connectivity index (χ3n) is 8.35. The molecule has 0 fully saturated rings. The Kier molecular flexibility index (Phi) is 9.80. The molecule has 0 amide bonds. The Labute approximate surface area is 311 Å². The highest BCUT2D eigenvalue weighted by molar-refractivity contribution is 7.86. The maximum atomic E-state index is 12.4. The lowest BCUT2D eigenvalue weighted by molar-refractivity contribution is 0.0686. The normalized spacial score (nSPS) is 12.2. The van der Waals surface area contributed by atoms with E-state index in [1.165, 1.54) is 72.8 Å². The average Bonchev–Trinajstić information content (AvgIpc) is 3.10. The Balaban J connectivity index is 1.36. The maximum absolute atomic E-state index is 12.4. The number of fused-ring (bicyclic) bond motifs is 2. The van der Waals surface area contributed by atoms with Gasteiger partial charge >= 0.3 is 11.9 Å². The van der Waals surface area contributed by atoms with Gasteiger partial charge in [0.1, 0.15) is 21.2 Å². The first-order chi connectivity index (χ1) is 25.8. The molecule has 0 atom stereocenters. The number of azo groups is 2. The number of aromatic carboxylic acids is 2. The number of benzene rings is 6. The highest BCUT2D eigenvalue weighted by Gasteiger charge is 2.24. The van der Waals surface area contributed by atoms with Crippen LogP contribution in [0.15, 0.2) is 115 Å². The number of nitrogens with one attached hydrogen (secondary N) is 1. The van der Waals surface area contributed by atoms with Crippen LogP contribution in [0.5, 0.6) is 11.5 Å². The fraction of sp³-hybridized carbons (Fsp3) is 0.0556. The second kappa shape index (κ2) is 14.2. The van der Waals surface area contributed by atoms with Gasteiger partial charge in [0, 0.05) is 22.1 Å². The van der Waals surface area contributed by atoms with Gasteiger partial charge in [0.05, 0.1) is 22.5 Å². The minimum Gasteiger partial charge on any atom is -0.505 e. The fourth-order valence-electron chi connectivity index (χ4n) is 5.62. The zero-order valence-electron chi connectivity index (χ0n) is 28.3. The van der Waals surface area contributed by atoms with Gasteiger partial charge in [-0.05, 0) is 121 Å². The molecule has 0 heterocycles. The molecule has 0 unspecified atom stereocenters. The third-order valence-corrected chi connectivity index (χ3v) is 10.1. The van der Waals surface area contributed by atoms with Crippen LogP contribution in [0.2, 0.25) is 0 Å². The number of carbonyl (C=O) groups is 2. The number of carboxylic acid groups (broad SMARTS) is 2. The summed E-state index contributed by atoms with van der Waals surface area (Å²) >= 11 is 0. The van der Waals surface area contributed by atoms with Crippen LogP contribution in [-0.2, 0) is 20.2 Å². The summed E-state index contributed by atoms with van der Waals surface area (Å²) in [5.41, 5.74) is 0.683. The minimum atomic E-state index is -4.97. The van der Waals surface area contributed by atoms with Gasteiger partial charge in [-0.15, -0.1) is 10.2 Å². The Bertz CT molecular complexity index is 2720. The predicted molar refractivity (Wildman–Crippen MR) is 199 cm³/mol. The summed E-state index contributed by atoms with van der Waals surface area (Å²) in [5.74, 6) is -3.58. The summed E-state index contributed by atoms with van der Waals surface area (Å²) in [6.07, 6.45) is 0. The molecule has 0 radical (unpaired) electrons. The van der Waals surface area contributed by atoms with Gasteiger partial charge in [-0.25, -0.2) is 9.59 Å². The highest BCUT2D eigenvalue weighted by Crippen LogP contribution is 2.44. The summed E-state index contributed by atoms with van der Waals surface area (Å²) in [4.78, 5) is 21.0. The van der Waals surface area contributed by atoms with Crippen molar-refractivity contribution in [1.29, 1.82) is 0 Å². The SMILES string of the molecule is Cc1cc(C(=O)O)ccc1N=Nc1c(S(=O)(=O)O)cc2cc(Nc3ccc4c(O)c(N=Nc5ccc(C(=O)O)cc5C)c(S(=O)(=O)O)cc4c3)ccc2c1O. The number of anilines is 2. The van der Waals surface area contributed by atoms with Crippen molar-refractivity contribution in [2.45, 2.75) is 23.6 Å². The second-order valence-corrected chi connectivity index (χ2v) is 14.9. The van der Waals surface area contributed by atoms with Crippen molar-refractivity contribution >= 4 is 87.8 Å². The van der Waals surface area contributed by atoms with Crippen LogP contribution in [0, 0.1) is 13.8 Å². The quantitative estimate of drug-likeness (QED) is 0.0507. The number of hydrogen-bond acceptors (Lipinski definition) is 13. The van der Waals surface area contributed by atoms with Crippen LogP contribution in [0.3, 0.4) is 0 Å². The Morgan fingerprint density at radius 1 is 0.545 bits per heavy atom. The molecule has 0 saturated heterocycles. The minimum absolute atomic E-state index is 0.00927. The molecule has 19 heteroatoms. The number of aryl methyl sites for hydroxylation is 2. The second-order valence-electron chi connectivity index (χ2n) is 12.1. The molecular formula is C36H27N5O12S2. The molecule has 55 heavy (non-hydrogen) atoms. The van der Waals surface area contributed by atoms with Gasteiger partial charge in [0.2, 0.25) is 0 Å². The zero-order valence-corrected chi connectivity index (χ0v) is 30.0. The lowest BCUT2D eigenvalue weighted by Crippen LogP contribution is -2.00. The van der Waals surface area contributed by atoms with E-state index in [-0.39, 0.29) is 44.0 Å². The Morgan fingerprint density at radius 2 is 0.927 bits per heavy atom. The first kappa shape index (κ1) is 37.9. The van der Waals surface area contributed by atoms with E-state index in [1.807, 2.05) is 0 Å². The Morgan fingerprint density at radius 3 is 1.25 bits per heavy atom. The van der Waals surface area contributed by atoms with E-state index >= 15 is 0 Å². The highest BCUT2D eigenvalue weighted by atomic mass is 32.2. The van der Waals surface area contributed by atoms with E-state index in [0.29, 0.717) is 22.5 Å². The molecule has 6 aromatic carbocycles. The molecule has 0 spiro atoms. The predicted octanol–water partition coefficient (Wildman–Crippen LogP) is 8.49. The summed E-state index contributed by atoms with van der Waals surface area (Å²) in [6.45, 7) is 3.12. The van der Waals surface area contributed by atoms with Gasteiger partial charge in [-0.1, -0.05) is 0 Å². The zero-order chi connectivity index (χ0) is 40.0. The number of rotatable bonds is 10. The van der Waals surface area contributed by atoms with Gasteiger partial charge in [-0.2, -0.15) is 27.1 Å². The van der Waals surface area contributed by atoms with Crippen LogP contribution < -0.4 is 5.32 Å². The standard InChI is InChI=1S/C36H27N5O12S2/c1-17-11-19(35(44)45)3-9-27(17)38-40-31-29(54(48,49)50)15-21-13-23(5-7-25(21)33(31)42)37-24-6-8-26-22(14-24)16-30(55(51,52)53)32(34(26)43)41-39-28-10-4-20(36(46)47)12-18(28)2/h3-16,37,42-43H,1-2H3,(H,44,45)(H,46,47)(H,48,49,50)(H,51,52,53).